The first-order valence-electron chi connectivity index (χ1n) is 8.61. The molecule has 0 spiro atoms. The van der Waals surface area contributed by atoms with Gasteiger partial charge in [0.2, 0.25) is 0 Å². The highest BCUT2D eigenvalue weighted by Crippen LogP contribution is 2.23. The van der Waals surface area contributed by atoms with E-state index in [0.29, 0.717) is 12.5 Å². The Balaban J connectivity index is 2.18. The van der Waals surface area contributed by atoms with Gasteiger partial charge in [-0.3, -0.25) is 4.98 Å². The van der Waals surface area contributed by atoms with Crippen molar-refractivity contribution >= 4 is 11.4 Å². The molecule has 0 bridgehead atoms. The summed E-state index contributed by atoms with van der Waals surface area (Å²) in [6, 6.07) is 6.83. The molecule has 1 N–H and O–H groups in total. The van der Waals surface area contributed by atoms with Gasteiger partial charge in [-0.25, -0.2) is 4.39 Å². The zero-order valence-electron chi connectivity index (χ0n) is 15.4. The molecule has 0 fully saturated rings. The number of nitrogens with one attached hydrogen (secondary N) is 1. The van der Waals surface area contributed by atoms with E-state index >= 15 is 0 Å². The van der Waals surface area contributed by atoms with Gasteiger partial charge >= 0.3 is 0 Å². The van der Waals surface area contributed by atoms with Crippen molar-refractivity contribution in [3.63, 3.8) is 0 Å². The molecular weight excluding hydrogens is 313 g/mol. The number of anilines is 2. The molecule has 1 heterocycles. The summed E-state index contributed by atoms with van der Waals surface area (Å²) in [5, 5.41) is 3.30. The van der Waals surface area contributed by atoms with E-state index in [0.717, 1.165) is 41.2 Å². The van der Waals surface area contributed by atoms with E-state index in [1.54, 1.807) is 12.3 Å². The number of benzene rings is 1. The van der Waals surface area contributed by atoms with Gasteiger partial charge in [0, 0.05) is 31.4 Å². The van der Waals surface area contributed by atoms with Crippen LogP contribution < -0.4 is 10.2 Å². The Morgan fingerprint density at radius 1 is 1.36 bits per heavy atom. The molecule has 132 valence electrons. The normalized spacial score (nSPS) is 11.7. The van der Waals surface area contributed by atoms with Gasteiger partial charge in [0.25, 0.3) is 0 Å². The minimum Gasteiger partial charge on any atom is -0.380 e. The SMILES string of the molecule is C#Cc1cc(NCc2cc(F)ccc2N(C)CC(C)CC)cnc1C. The van der Waals surface area contributed by atoms with Gasteiger partial charge in [-0.05, 0) is 42.7 Å². The molecule has 1 unspecified atom stereocenters. The van der Waals surface area contributed by atoms with Crippen LogP contribution in [0.5, 0.6) is 0 Å². The molecule has 4 heteroatoms. The van der Waals surface area contributed by atoms with Crippen LogP contribution in [0.1, 0.15) is 37.1 Å². The van der Waals surface area contributed by atoms with Crippen LogP contribution in [0.2, 0.25) is 0 Å². The molecule has 25 heavy (non-hydrogen) atoms. The van der Waals surface area contributed by atoms with Crippen molar-refractivity contribution < 1.29 is 4.39 Å². The summed E-state index contributed by atoms with van der Waals surface area (Å²) in [5.41, 5.74) is 4.37. The summed E-state index contributed by atoms with van der Waals surface area (Å²) >= 11 is 0. The van der Waals surface area contributed by atoms with Crippen LogP contribution in [0, 0.1) is 31.0 Å². The van der Waals surface area contributed by atoms with Crippen LogP contribution in [0.15, 0.2) is 30.5 Å². The quantitative estimate of drug-likeness (QED) is 0.747. The molecule has 3 nitrogen and oxygen atoms in total. The van der Waals surface area contributed by atoms with Crippen molar-refractivity contribution in [1.82, 2.24) is 4.98 Å². The topological polar surface area (TPSA) is 28.2 Å². The van der Waals surface area contributed by atoms with E-state index in [1.807, 2.05) is 26.1 Å². The first kappa shape index (κ1) is 18.8. The second kappa shape index (κ2) is 8.53. The van der Waals surface area contributed by atoms with Crippen molar-refractivity contribution in [1.29, 1.82) is 0 Å². The molecule has 1 aromatic heterocycles. The molecule has 0 aliphatic heterocycles. The van der Waals surface area contributed by atoms with E-state index < -0.39 is 0 Å². The van der Waals surface area contributed by atoms with E-state index in [2.05, 4.69) is 35.0 Å². The number of pyridine rings is 1. The lowest BCUT2D eigenvalue weighted by molar-refractivity contribution is 0.558. The van der Waals surface area contributed by atoms with Crippen LogP contribution in [-0.4, -0.2) is 18.6 Å². The predicted octanol–water partition coefficient (Wildman–Crippen LogP) is 4.60. The number of aryl methyl sites for hydroxylation is 1. The largest absolute Gasteiger partial charge is 0.380 e. The third-order valence-corrected chi connectivity index (χ3v) is 4.46. The van der Waals surface area contributed by atoms with Gasteiger partial charge in [0.1, 0.15) is 5.82 Å². The average Bonchev–Trinajstić information content (AvgIpc) is 2.60. The second-order valence-electron chi connectivity index (χ2n) is 6.52. The smallest absolute Gasteiger partial charge is 0.123 e. The molecule has 1 atom stereocenters. The molecular formula is C21H26FN3. The number of hydrogen-bond acceptors (Lipinski definition) is 3. The Hall–Kier alpha value is -2.54. The lowest BCUT2D eigenvalue weighted by Gasteiger charge is -2.25. The lowest BCUT2D eigenvalue weighted by Crippen LogP contribution is -2.25. The summed E-state index contributed by atoms with van der Waals surface area (Å²) < 4.78 is 13.8. The number of nitrogens with zero attached hydrogens (tertiary/aromatic N) is 2. The molecule has 1 aromatic carbocycles. The Morgan fingerprint density at radius 2 is 2.12 bits per heavy atom. The first-order chi connectivity index (χ1) is 11.9. The van der Waals surface area contributed by atoms with Gasteiger partial charge < -0.3 is 10.2 Å². The number of hydrogen-bond donors (Lipinski definition) is 1. The van der Waals surface area contributed by atoms with Crippen molar-refractivity contribution in [2.45, 2.75) is 33.7 Å². The van der Waals surface area contributed by atoms with Crippen molar-refractivity contribution in [3.8, 4) is 12.3 Å². The summed E-state index contributed by atoms with van der Waals surface area (Å²) in [4.78, 5) is 6.48. The fourth-order valence-electron chi connectivity index (χ4n) is 2.74. The zero-order valence-corrected chi connectivity index (χ0v) is 15.4. The van der Waals surface area contributed by atoms with Gasteiger partial charge in [-0.15, -0.1) is 6.42 Å². The summed E-state index contributed by atoms with van der Waals surface area (Å²) in [7, 11) is 2.05. The summed E-state index contributed by atoms with van der Waals surface area (Å²) in [5.74, 6) is 2.98. The average molecular weight is 339 g/mol. The van der Waals surface area contributed by atoms with Crippen LogP contribution in [0.4, 0.5) is 15.8 Å². The third kappa shape index (κ3) is 4.96. The molecule has 0 saturated heterocycles. The van der Waals surface area contributed by atoms with Crippen LogP contribution >= 0.6 is 0 Å². The third-order valence-electron chi connectivity index (χ3n) is 4.46. The van der Waals surface area contributed by atoms with Crippen molar-refractivity contribution in [3.05, 3.63) is 53.1 Å². The molecule has 0 amide bonds. The van der Waals surface area contributed by atoms with Crippen LogP contribution in [0.3, 0.4) is 0 Å². The summed E-state index contributed by atoms with van der Waals surface area (Å²) in [6.07, 6.45) is 8.36. The van der Waals surface area contributed by atoms with E-state index in [1.165, 1.54) is 6.07 Å². The monoisotopic (exact) mass is 339 g/mol. The number of halogens is 1. The number of aromatic nitrogens is 1. The molecule has 0 saturated carbocycles. The van der Waals surface area contributed by atoms with E-state index in [-0.39, 0.29) is 5.82 Å². The Morgan fingerprint density at radius 3 is 2.80 bits per heavy atom. The van der Waals surface area contributed by atoms with Crippen molar-refractivity contribution in [2.75, 3.05) is 23.8 Å². The zero-order chi connectivity index (χ0) is 18.4. The molecule has 0 aliphatic carbocycles. The first-order valence-corrected chi connectivity index (χ1v) is 8.61. The standard InChI is InChI=1S/C21H26FN3/c1-6-15(3)14-25(5)21-9-8-19(22)10-18(21)12-24-20-11-17(7-2)16(4)23-13-20/h2,8-11,13,15,24H,6,12,14H2,1,3-5H3. The molecule has 2 aromatic rings. The van der Waals surface area contributed by atoms with Gasteiger partial charge in [-0.2, -0.15) is 0 Å². The fraction of sp³-hybridized carbons (Fsp3) is 0.381. The van der Waals surface area contributed by atoms with E-state index in [9.17, 15) is 4.39 Å². The Labute approximate surface area is 150 Å². The Bertz CT molecular complexity index is 764. The fourth-order valence-corrected chi connectivity index (χ4v) is 2.74. The second-order valence-corrected chi connectivity index (χ2v) is 6.52. The maximum Gasteiger partial charge on any atom is 0.123 e. The number of rotatable bonds is 7. The van der Waals surface area contributed by atoms with Crippen LogP contribution in [-0.2, 0) is 6.54 Å². The maximum atomic E-state index is 13.8. The lowest BCUT2D eigenvalue weighted by atomic mass is 10.1. The molecule has 2 rings (SSSR count). The van der Waals surface area contributed by atoms with Gasteiger partial charge in [0.15, 0.2) is 0 Å². The summed E-state index contributed by atoms with van der Waals surface area (Å²) in [6.45, 7) is 7.72. The molecule has 0 radical (unpaired) electrons. The highest BCUT2D eigenvalue weighted by Gasteiger charge is 2.11. The van der Waals surface area contributed by atoms with Gasteiger partial charge in [-0.1, -0.05) is 26.2 Å². The minimum atomic E-state index is -0.233. The van der Waals surface area contributed by atoms with E-state index in [4.69, 9.17) is 6.42 Å². The molecule has 0 aliphatic rings. The predicted molar refractivity (Wildman–Crippen MR) is 103 cm³/mol. The van der Waals surface area contributed by atoms with Gasteiger partial charge in [0.05, 0.1) is 17.6 Å². The highest BCUT2D eigenvalue weighted by molar-refractivity contribution is 5.56. The van der Waals surface area contributed by atoms with Crippen molar-refractivity contribution in [2.24, 2.45) is 5.92 Å². The minimum absolute atomic E-state index is 0.233. The Kier molecular flexibility index (Phi) is 6.41. The highest BCUT2D eigenvalue weighted by atomic mass is 19.1. The van der Waals surface area contributed by atoms with Crippen LogP contribution in [0.25, 0.3) is 0 Å². The number of terminal acetylenes is 1. The maximum absolute atomic E-state index is 13.8.